The Hall–Kier alpha value is -2.90. The lowest BCUT2D eigenvalue weighted by Gasteiger charge is -2.22. The summed E-state index contributed by atoms with van der Waals surface area (Å²) in [5.74, 6) is 1.84. The first kappa shape index (κ1) is 23.3. The van der Waals surface area contributed by atoms with Crippen LogP contribution in [0.25, 0.3) is 0 Å². The van der Waals surface area contributed by atoms with Gasteiger partial charge in [0.05, 0.1) is 6.54 Å². The molecule has 4 rings (SSSR count). The maximum atomic E-state index is 12.6. The third-order valence-corrected chi connectivity index (χ3v) is 6.71. The van der Waals surface area contributed by atoms with Gasteiger partial charge in [-0.3, -0.25) is 9.69 Å². The van der Waals surface area contributed by atoms with Crippen LogP contribution in [0.15, 0.2) is 47.8 Å². The van der Waals surface area contributed by atoms with E-state index in [0.717, 1.165) is 35.2 Å². The molecule has 1 amide bonds. The first-order chi connectivity index (χ1) is 15.9. The molecule has 174 valence electrons. The zero-order chi connectivity index (χ0) is 23.4. The number of hydrogen-bond donors (Lipinski definition) is 1. The highest BCUT2D eigenvalue weighted by Crippen LogP contribution is 2.33. The van der Waals surface area contributed by atoms with Crippen LogP contribution in [0.1, 0.15) is 53.0 Å². The fraction of sp³-hybridized carbons (Fsp3) is 0.385. The molecule has 1 N–H and O–H groups in total. The van der Waals surface area contributed by atoms with Crippen molar-refractivity contribution in [3.05, 3.63) is 75.2 Å². The number of nitrogens with one attached hydrogen (secondary N) is 1. The van der Waals surface area contributed by atoms with Crippen molar-refractivity contribution in [3.8, 4) is 11.5 Å². The predicted molar refractivity (Wildman–Crippen MR) is 131 cm³/mol. The van der Waals surface area contributed by atoms with Crippen LogP contribution in [0.2, 0.25) is 0 Å². The smallest absolute Gasteiger partial charge is 0.270 e. The quantitative estimate of drug-likeness (QED) is 0.473. The van der Waals surface area contributed by atoms with Crippen LogP contribution in [0.4, 0.5) is 0 Å². The number of hydrogen-bond acceptors (Lipinski definition) is 6. The molecule has 0 saturated carbocycles. The highest BCUT2D eigenvalue weighted by Gasteiger charge is 2.18. The Labute approximate surface area is 199 Å². The van der Waals surface area contributed by atoms with Gasteiger partial charge in [-0.05, 0) is 43.0 Å². The van der Waals surface area contributed by atoms with E-state index in [1.807, 2.05) is 24.4 Å². The van der Waals surface area contributed by atoms with E-state index < -0.39 is 0 Å². The molecule has 2 aromatic carbocycles. The third kappa shape index (κ3) is 6.12. The second kappa shape index (κ2) is 10.4. The third-order valence-electron chi connectivity index (χ3n) is 5.87. The average molecular weight is 466 g/mol. The van der Waals surface area contributed by atoms with Gasteiger partial charge in [0.25, 0.3) is 5.91 Å². The number of ether oxygens (including phenoxy) is 2. The van der Waals surface area contributed by atoms with Crippen molar-refractivity contribution in [1.82, 2.24) is 15.2 Å². The molecule has 6 nitrogen and oxygen atoms in total. The van der Waals surface area contributed by atoms with Gasteiger partial charge in [-0.15, -0.1) is 11.3 Å². The number of rotatable bonds is 9. The van der Waals surface area contributed by atoms with E-state index >= 15 is 0 Å². The molecule has 1 aromatic heterocycles. The number of aromatic nitrogens is 1. The topological polar surface area (TPSA) is 63.7 Å². The molecule has 0 saturated heterocycles. The predicted octanol–water partition coefficient (Wildman–Crippen LogP) is 5.16. The summed E-state index contributed by atoms with van der Waals surface area (Å²) in [6, 6.07) is 14.8. The Morgan fingerprint density at radius 1 is 1.03 bits per heavy atom. The van der Waals surface area contributed by atoms with E-state index in [2.05, 4.69) is 66.3 Å². The molecule has 33 heavy (non-hydrogen) atoms. The second-order valence-electron chi connectivity index (χ2n) is 8.95. The fourth-order valence-electron chi connectivity index (χ4n) is 3.54. The summed E-state index contributed by atoms with van der Waals surface area (Å²) in [5.41, 5.74) is 4.11. The standard InChI is InChI=1S/C26H31N3O3S/c1-17(2)19(4)27-26(30)22-15-33-25(28-22)14-29(12-20-7-5-18(3)6-8-20)13-21-9-10-23-24(11-21)32-16-31-23/h5-11,15,17,19H,12-14,16H2,1-4H3,(H,27,30). The largest absolute Gasteiger partial charge is 0.454 e. The SMILES string of the molecule is Cc1ccc(CN(Cc2ccc3c(c2)OCO3)Cc2nc(C(=O)NC(C)C(C)C)cs2)cc1. The lowest BCUT2D eigenvalue weighted by atomic mass is 10.1. The Morgan fingerprint density at radius 3 is 2.48 bits per heavy atom. The highest BCUT2D eigenvalue weighted by atomic mass is 32.1. The average Bonchev–Trinajstić information content (AvgIpc) is 3.44. The van der Waals surface area contributed by atoms with Crippen LogP contribution in [0.3, 0.4) is 0 Å². The maximum Gasteiger partial charge on any atom is 0.270 e. The molecule has 1 aliphatic heterocycles. The van der Waals surface area contributed by atoms with Gasteiger partial charge >= 0.3 is 0 Å². The first-order valence-corrected chi connectivity index (χ1v) is 12.2. The minimum Gasteiger partial charge on any atom is -0.454 e. The van der Waals surface area contributed by atoms with Crippen LogP contribution >= 0.6 is 11.3 Å². The minimum atomic E-state index is -0.112. The van der Waals surface area contributed by atoms with Crippen molar-refractivity contribution < 1.29 is 14.3 Å². The van der Waals surface area contributed by atoms with E-state index in [4.69, 9.17) is 9.47 Å². The van der Waals surface area contributed by atoms with Crippen LogP contribution in [0.5, 0.6) is 11.5 Å². The van der Waals surface area contributed by atoms with Crippen molar-refractivity contribution in [1.29, 1.82) is 0 Å². The van der Waals surface area contributed by atoms with Gasteiger partial charge < -0.3 is 14.8 Å². The van der Waals surface area contributed by atoms with E-state index in [9.17, 15) is 4.79 Å². The molecule has 0 fully saturated rings. The molecule has 2 heterocycles. The van der Waals surface area contributed by atoms with Crippen LogP contribution in [-0.4, -0.2) is 28.6 Å². The molecule has 7 heteroatoms. The van der Waals surface area contributed by atoms with Gasteiger partial charge in [0.15, 0.2) is 11.5 Å². The summed E-state index contributed by atoms with van der Waals surface area (Å²) in [6.45, 7) is 10.7. The van der Waals surface area contributed by atoms with Crippen molar-refractivity contribution >= 4 is 17.2 Å². The number of nitrogens with zero attached hydrogens (tertiary/aromatic N) is 2. The zero-order valence-corrected chi connectivity index (χ0v) is 20.4. The Morgan fingerprint density at radius 2 is 1.73 bits per heavy atom. The first-order valence-electron chi connectivity index (χ1n) is 11.3. The monoisotopic (exact) mass is 465 g/mol. The number of amides is 1. The molecule has 1 atom stereocenters. The lowest BCUT2D eigenvalue weighted by Crippen LogP contribution is -2.36. The Kier molecular flexibility index (Phi) is 7.30. The Balaban J connectivity index is 1.49. The molecule has 0 aliphatic carbocycles. The summed E-state index contributed by atoms with van der Waals surface area (Å²) in [7, 11) is 0. The van der Waals surface area contributed by atoms with Gasteiger partial charge in [0.1, 0.15) is 10.7 Å². The zero-order valence-electron chi connectivity index (χ0n) is 19.6. The number of carbonyl (C=O) groups excluding carboxylic acids is 1. The molecule has 1 aliphatic rings. The van der Waals surface area contributed by atoms with E-state index in [-0.39, 0.29) is 18.7 Å². The second-order valence-corrected chi connectivity index (χ2v) is 9.89. The Bertz CT molecular complexity index is 1090. The van der Waals surface area contributed by atoms with Gasteiger partial charge in [-0.25, -0.2) is 4.98 Å². The van der Waals surface area contributed by atoms with Gasteiger partial charge in [-0.2, -0.15) is 0 Å². The summed E-state index contributed by atoms with van der Waals surface area (Å²) in [5, 5.41) is 5.81. The number of carbonyl (C=O) groups is 1. The lowest BCUT2D eigenvalue weighted by molar-refractivity contribution is 0.0925. The molecular weight excluding hydrogens is 434 g/mol. The number of aryl methyl sites for hydroxylation is 1. The summed E-state index contributed by atoms with van der Waals surface area (Å²) in [4.78, 5) is 19.5. The van der Waals surface area contributed by atoms with Crippen molar-refractivity contribution in [2.75, 3.05) is 6.79 Å². The van der Waals surface area contributed by atoms with E-state index in [1.54, 1.807) is 0 Å². The normalized spacial score (nSPS) is 13.5. The van der Waals surface area contributed by atoms with Gasteiger partial charge in [0.2, 0.25) is 6.79 Å². The minimum absolute atomic E-state index is 0.103. The summed E-state index contributed by atoms with van der Waals surface area (Å²) >= 11 is 1.53. The molecule has 0 spiro atoms. The van der Waals surface area contributed by atoms with Crippen LogP contribution < -0.4 is 14.8 Å². The number of benzene rings is 2. The van der Waals surface area contributed by atoms with Crippen LogP contribution in [-0.2, 0) is 19.6 Å². The van der Waals surface area contributed by atoms with E-state index in [1.165, 1.54) is 22.5 Å². The van der Waals surface area contributed by atoms with Gasteiger partial charge in [-0.1, -0.05) is 49.7 Å². The summed E-state index contributed by atoms with van der Waals surface area (Å²) < 4.78 is 11.0. The van der Waals surface area contributed by atoms with Crippen molar-refractivity contribution in [3.63, 3.8) is 0 Å². The summed E-state index contributed by atoms with van der Waals surface area (Å²) in [6.07, 6.45) is 0. The molecule has 0 bridgehead atoms. The van der Waals surface area contributed by atoms with E-state index in [0.29, 0.717) is 18.2 Å². The number of fused-ring (bicyclic) bond motifs is 1. The molecule has 1 unspecified atom stereocenters. The fourth-order valence-corrected chi connectivity index (χ4v) is 4.36. The number of thiazole rings is 1. The van der Waals surface area contributed by atoms with Crippen molar-refractivity contribution in [2.45, 2.75) is 53.4 Å². The molecule has 3 aromatic rings. The molecule has 0 radical (unpaired) electrons. The van der Waals surface area contributed by atoms with Crippen molar-refractivity contribution in [2.24, 2.45) is 5.92 Å². The molecular formula is C26H31N3O3S. The van der Waals surface area contributed by atoms with Crippen LogP contribution in [0, 0.1) is 12.8 Å². The maximum absolute atomic E-state index is 12.6. The van der Waals surface area contributed by atoms with Gasteiger partial charge in [0, 0.05) is 24.5 Å². The highest BCUT2D eigenvalue weighted by molar-refractivity contribution is 7.09.